The van der Waals surface area contributed by atoms with Gasteiger partial charge in [-0.3, -0.25) is 4.98 Å². The predicted molar refractivity (Wildman–Crippen MR) is 84.0 cm³/mol. The van der Waals surface area contributed by atoms with Crippen molar-refractivity contribution in [3.63, 3.8) is 0 Å². The summed E-state index contributed by atoms with van der Waals surface area (Å²) in [5.41, 5.74) is 0.443. The molecule has 2 rings (SSSR count). The van der Waals surface area contributed by atoms with Crippen molar-refractivity contribution in [1.29, 1.82) is 0 Å². The average Bonchev–Trinajstić information content (AvgIpc) is 2.57. The Balaban J connectivity index is 1.85. The largest absolute Gasteiger partial charge is 0.389 e. The van der Waals surface area contributed by atoms with E-state index in [0.717, 1.165) is 40.3 Å². The molecule has 1 aliphatic carbocycles. The maximum Gasteiger partial charge on any atom is 0.0771 e. The van der Waals surface area contributed by atoms with Gasteiger partial charge in [0.05, 0.1) is 11.3 Å². The second kappa shape index (κ2) is 7.16. The molecule has 0 saturated heterocycles. The molecule has 0 bridgehead atoms. The first-order valence-electron chi connectivity index (χ1n) is 6.82. The first-order valence-corrected chi connectivity index (χ1v) is 8.41. The molecule has 0 radical (unpaired) electrons. The molecular formula is C14H20Br2N2O. The van der Waals surface area contributed by atoms with Crippen LogP contribution in [0.5, 0.6) is 0 Å². The molecule has 0 unspecified atom stereocenters. The van der Waals surface area contributed by atoms with Gasteiger partial charge in [0.15, 0.2) is 0 Å². The number of aliphatic hydroxyl groups is 1. The van der Waals surface area contributed by atoms with Gasteiger partial charge in [0.2, 0.25) is 0 Å². The summed E-state index contributed by atoms with van der Waals surface area (Å²) in [5, 5.41) is 13.9. The van der Waals surface area contributed by atoms with Crippen molar-refractivity contribution in [2.75, 3.05) is 6.54 Å². The van der Waals surface area contributed by atoms with Gasteiger partial charge in [0.1, 0.15) is 0 Å². The van der Waals surface area contributed by atoms with E-state index in [1.54, 1.807) is 6.20 Å². The molecule has 3 nitrogen and oxygen atoms in total. The molecule has 19 heavy (non-hydrogen) atoms. The number of rotatable bonds is 4. The lowest BCUT2D eigenvalue weighted by molar-refractivity contribution is 0.0249. The van der Waals surface area contributed by atoms with Crippen LogP contribution in [0.15, 0.2) is 21.2 Å². The number of hydrogen-bond acceptors (Lipinski definition) is 3. The van der Waals surface area contributed by atoms with Crippen LogP contribution in [0, 0.1) is 0 Å². The number of hydrogen-bond donors (Lipinski definition) is 2. The van der Waals surface area contributed by atoms with Crippen LogP contribution in [0.1, 0.15) is 44.2 Å². The number of pyridine rings is 1. The van der Waals surface area contributed by atoms with E-state index >= 15 is 0 Å². The Hall–Kier alpha value is 0.0300. The maximum atomic E-state index is 10.5. The van der Waals surface area contributed by atoms with Crippen molar-refractivity contribution in [2.24, 2.45) is 0 Å². The van der Waals surface area contributed by atoms with Crippen LogP contribution in [0.3, 0.4) is 0 Å². The minimum atomic E-state index is -0.529. The minimum Gasteiger partial charge on any atom is -0.389 e. The molecule has 1 aromatic heterocycles. The summed E-state index contributed by atoms with van der Waals surface area (Å²) < 4.78 is 1.95. The third-order valence-electron chi connectivity index (χ3n) is 3.66. The fourth-order valence-corrected chi connectivity index (χ4v) is 3.68. The Bertz CT molecular complexity index is 418. The molecule has 1 heterocycles. The number of halogens is 2. The summed E-state index contributed by atoms with van der Waals surface area (Å²) in [6, 6.07) is 1.99. The van der Waals surface area contributed by atoms with E-state index in [2.05, 4.69) is 42.2 Å². The van der Waals surface area contributed by atoms with E-state index in [9.17, 15) is 5.11 Å². The highest BCUT2D eigenvalue weighted by Crippen LogP contribution is 2.26. The van der Waals surface area contributed by atoms with Crippen LogP contribution in [0.4, 0.5) is 0 Å². The lowest BCUT2D eigenvalue weighted by atomic mass is 9.94. The zero-order valence-electron chi connectivity index (χ0n) is 11.0. The fourth-order valence-electron chi connectivity index (χ4n) is 2.55. The van der Waals surface area contributed by atoms with Crippen molar-refractivity contribution in [1.82, 2.24) is 10.3 Å². The molecule has 1 aliphatic rings. The van der Waals surface area contributed by atoms with Crippen LogP contribution in [-0.2, 0) is 6.54 Å². The van der Waals surface area contributed by atoms with Crippen LogP contribution in [-0.4, -0.2) is 22.2 Å². The molecule has 1 saturated carbocycles. The zero-order chi connectivity index (χ0) is 13.7. The lowest BCUT2D eigenvalue weighted by Gasteiger charge is -2.27. The van der Waals surface area contributed by atoms with Gasteiger partial charge < -0.3 is 10.4 Å². The average molecular weight is 392 g/mol. The van der Waals surface area contributed by atoms with Gasteiger partial charge in [-0.1, -0.05) is 25.7 Å². The van der Waals surface area contributed by atoms with Crippen molar-refractivity contribution in [3.8, 4) is 0 Å². The van der Waals surface area contributed by atoms with Gasteiger partial charge in [-0.05, 0) is 50.8 Å². The van der Waals surface area contributed by atoms with Crippen molar-refractivity contribution in [3.05, 3.63) is 26.9 Å². The van der Waals surface area contributed by atoms with Crippen LogP contribution >= 0.6 is 31.9 Å². The van der Waals surface area contributed by atoms with E-state index in [4.69, 9.17) is 0 Å². The first kappa shape index (κ1) is 15.4. The second-order valence-electron chi connectivity index (χ2n) is 5.32. The number of nitrogens with one attached hydrogen (secondary N) is 1. The highest BCUT2D eigenvalue weighted by Gasteiger charge is 2.27. The summed E-state index contributed by atoms with van der Waals surface area (Å²) in [6.07, 6.45) is 8.40. The normalized spacial score (nSPS) is 19.1. The molecule has 0 aliphatic heterocycles. The Kier molecular flexibility index (Phi) is 5.81. The highest BCUT2D eigenvalue weighted by molar-refractivity contribution is 9.11. The summed E-state index contributed by atoms with van der Waals surface area (Å²) >= 11 is 6.90. The number of aromatic nitrogens is 1. The molecule has 0 spiro atoms. The molecular weight excluding hydrogens is 372 g/mol. The summed E-state index contributed by atoms with van der Waals surface area (Å²) in [7, 11) is 0. The van der Waals surface area contributed by atoms with E-state index in [0.29, 0.717) is 13.1 Å². The van der Waals surface area contributed by atoms with E-state index in [1.807, 2.05) is 6.07 Å². The van der Waals surface area contributed by atoms with E-state index in [1.165, 1.54) is 12.8 Å². The molecule has 106 valence electrons. The van der Waals surface area contributed by atoms with Gasteiger partial charge in [0.25, 0.3) is 0 Å². The summed E-state index contributed by atoms with van der Waals surface area (Å²) in [5.74, 6) is 0. The Morgan fingerprint density at radius 3 is 2.53 bits per heavy atom. The molecule has 1 fully saturated rings. The maximum absolute atomic E-state index is 10.5. The van der Waals surface area contributed by atoms with Gasteiger partial charge in [-0.2, -0.15) is 0 Å². The second-order valence-corrected chi connectivity index (χ2v) is 7.09. The Morgan fingerprint density at radius 2 is 1.89 bits per heavy atom. The van der Waals surface area contributed by atoms with E-state index in [-0.39, 0.29) is 0 Å². The first-order chi connectivity index (χ1) is 9.09. The van der Waals surface area contributed by atoms with Gasteiger partial charge in [-0.15, -0.1) is 0 Å². The molecule has 5 heteroatoms. The van der Waals surface area contributed by atoms with Crippen molar-refractivity contribution in [2.45, 2.75) is 50.7 Å². The van der Waals surface area contributed by atoms with Crippen LogP contribution in [0.25, 0.3) is 0 Å². The zero-order valence-corrected chi connectivity index (χ0v) is 14.1. The molecule has 1 aromatic rings. The highest BCUT2D eigenvalue weighted by atomic mass is 79.9. The van der Waals surface area contributed by atoms with Gasteiger partial charge >= 0.3 is 0 Å². The Labute approximate surface area is 131 Å². The predicted octanol–water partition coefficient (Wildman–Crippen LogP) is 3.78. The molecule has 2 N–H and O–H groups in total. The summed E-state index contributed by atoms with van der Waals surface area (Å²) in [4.78, 5) is 4.36. The smallest absolute Gasteiger partial charge is 0.0771 e. The third-order valence-corrected chi connectivity index (χ3v) is 4.79. The van der Waals surface area contributed by atoms with Gasteiger partial charge in [-0.25, -0.2) is 0 Å². The molecule has 0 aromatic carbocycles. The molecule has 0 atom stereocenters. The number of nitrogens with zero attached hydrogens (tertiary/aromatic N) is 1. The topological polar surface area (TPSA) is 45.1 Å². The Morgan fingerprint density at radius 1 is 1.21 bits per heavy atom. The monoisotopic (exact) mass is 390 g/mol. The van der Waals surface area contributed by atoms with Crippen LogP contribution in [0.2, 0.25) is 0 Å². The standard InChI is InChI=1S/C14H20Br2N2O/c15-11-7-12(16)13(18-8-11)9-17-10-14(19)5-3-1-2-4-6-14/h7-8,17,19H,1-6,9-10H2. The van der Waals surface area contributed by atoms with Crippen molar-refractivity contribution >= 4 is 31.9 Å². The molecule has 0 amide bonds. The minimum absolute atomic E-state index is 0.529. The van der Waals surface area contributed by atoms with Crippen molar-refractivity contribution < 1.29 is 5.11 Å². The SMILES string of the molecule is OC1(CNCc2ncc(Br)cc2Br)CCCCCC1. The third kappa shape index (κ3) is 4.81. The fraction of sp³-hybridized carbons (Fsp3) is 0.643. The quantitative estimate of drug-likeness (QED) is 0.767. The van der Waals surface area contributed by atoms with Gasteiger partial charge in [0, 0.05) is 28.2 Å². The van der Waals surface area contributed by atoms with E-state index < -0.39 is 5.60 Å². The van der Waals surface area contributed by atoms with Crippen LogP contribution < -0.4 is 5.32 Å². The summed E-state index contributed by atoms with van der Waals surface area (Å²) in [6.45, 7) is 1.33. The lowest BCUT2D eigenvalue weighted by Crippen LogP contribution is -2.40.